The molecule has 0 aliphatic rings. The number of halogens is 1. The van der Waals surface area contributed by atoms with Crippen LogP contribution in [0.5, 0.6) is 0 Å². The molecule has 84 valence electrons. The van der Waals surface area contributed by atoms with Gasteiger partial charge in [0.2, 0.25) is 0 Å². The highest BCUT2D eigenvalue weighted by Crippen LogP contribution is 2.10. The first-order chi connectivity index (χ1) is 8.22. The van der Waals surface area contributed by atoms with Gasteiger partial charge in [-0.2, -0.15) is 5.26 Å². The maximum Gasteiger partial charge on any atom is 0.185 e. The van der Waals surface area contributed by atoms with E-state index in [2.05, 4.69) is 0 Å². The van der Waals surface area contributed by atoms with Crippen LogP contribution < -0.4 is 0 Å². The lowest BCUT2D eigenvalue weighted by molar-refractivity contribution is 0.0968. The summed E-state index contributed by atoms with van der Waals surface area (Å²) in [5.41, 5.74) is 0.430. The van der Waals surface area contributed by atoms with E-state index in [9.17, 15) is 9.18 Å². The van der Waals surface area contributed by atoms with E-state index in [-0.39, 0.29) is 17.9 Å². The third-order valence-electron chi connectivity index (χ3n) is 2.43. The second-order valence-electron chi connectivity index (χ2n) is 3.54. The van der Waals surface area contributed by atoms with Crippen molar-refractivity contribution >= 4 is 5.78 Å². The van der Waals surface area contributed by atoms with E-state index in [1.165, 1.54) is 22.8 Å². The van der Waals surface area contributed by atoms with Crippen LogP contribution in [0.3, 0.4) is 0 Å². The zero-order valence-electron chi connectivity index (χ0n) is 8.93. The standard InChI is InChI=1S/C13H9FN2O/c14-12-6-2-1-5-11(12)13(17)9-16-7-3-4-10(16)8-15/h1-7H,9H2. The third-order valence-corrected chi connectivity index (χ3v) is 2.43. The van der Waals surface area contributed by atoms with E-state index in [0.29, 0.717) is 5.69 Å². The molecule has 1 aromatic heterocycles. The molecule has 0 spiro atoms. The normalized spacial score (nSPS) is 9.88. The van der Waals surface area contributed by atoms with Gasteiger partial charge in [-0.3, -0.25) is 4.79 Å². The summed E-state index contributed by atoms with van der Waals surface area (Å²) in [6, 6.07) is 11.1. The maximum atomic E-state index is 13.4. The van der Waals surface area contributed by atoms with Gasteiger partial charge in [-0.25, -0.2) is 4.39 Å². The molecule has 0 atom stereocenters. The molecule has 1 heterocycles. The minimum Gasteiger partial charge on any atom is -0.332 e. The van der Waals surface area contributed by atoms with Gasteiger partial charge in [0.25, 0.3) is 0 Å². The van der Waals surface area contributed by atoms with Gasteiger partial charge >= 0.3 is 0 Å². The Balaban J connectivity index is 2.24. The van der Waals surface area contributed by atoms with Crippen molar-refractivity contribution in [2.45, 2.75) is 6.54 Å². The highest BCUT2D eigenvalue weighted by atomic mass is 19.1. The molecule has 0 saturated carbocycles. The number of rotatable bonds is 3. The Morgan fingerprint density at radius 2 is 2.06 bits per heavy atom. The van der Waals surface area contributed by atoms with E-state index < -0.39 is 5.82 Å². The molecule has 17 heavy (non-hydrogen) atoms. The highest BCUT2D eigenvalue weighted by Gasteiger charge is 2.12. The zero-order chi connectivity index (χ0) is 12.3. The molecule has 0 bridgehead atoms. The minimum absolute atomic E-state index is 0.0309. The summed E-state index contributed by atoms with van der Waals surface area (Å²) in [5.74, 6) is -0.890. The summed E-state index contributed by atoms with van der Waals surface area (Å²) in [5, 5.41) is 8.79. The van der Waals surface area contributed by atoms with Crippen molar-refractivity contribution in [1.29, 1.82) is 5.26 Å². The Hall–Kier alpha value is -2.41. The predicted molar refractivity (Wildman–Crippen MR) is 59.9 cm³/mol. The number of hydrogen-bond acceptors (Lipinski definition) is 2. The van der Waals surface area contributed by atoms with Crippen LogP contribution in [0.1, 0.15) is 16.1 Å². The first kappa shape index (κ1) is 11.1. The van der Waals surface area contributed by atoms with E-state index in [1.807, 2.05) is 6.07 Å². The lowest BCUT2D eigenvalue weighted by Gasteiger charge is -2.04. The van der Waals surface area contributed by atoms with Crippen molar-refractivity contribution in [3.05, 3.63) is 59.7 Å². The van der Waals surface area contributed by atoms with Crippen LogP contribution in [0.15, 0.2) is 42.6 Å². The number of aromatic nitrogens is 1. The number of nitriles is 1. The molecule has 0 radical (unpaired) electrons. The molecule has 3 nitrogen and oxygen atoms in total. The largest absolute Gasteiger partial charge is 0.332 e. The smallest absolute Gasteiger partial charge is 0.185 e. The molecule has 0 unspecified atom stereocenters. The van der Waals surface area contributed by atoms with Crippen LogP contribution in [0, 0.1) is 17.1 Å². The molecule has 0 aliphatic heterocycles. The molecule has 2 aromatic rings. The fraction of sp³-hybridized carbons (Fsp3) is 0.0769. The highest BCUT2D eigenvalue weighted by molar-refractivity contribution is 5.96. The summed E-state index contributed by atoms with van der Waals surface area (Å²) in [4.78, 5) is 11.8. The fourth-order valence-electron chi connectivity index (χ4n) is 1.58. The molecule has 2 rings (SSSR count). The van der Waals surface area contributed by atoms with Crippen LogP contribution in [0.2, 0.25) is 0 Å². The van der Waals surface area contributed by atoms with Gasteiger partial charge in [-0.15, -0.1) is 0 Å². The molecule has 0 N–H and O–H groups in total. The van der Waals surface area contributed by atoms with Gasteiger partial charge in [0.1, 0.15) is 17.6 Å². The van der Waals surface area contributed by atoms with E-state index in [1.54, 1.807) is 24.4 Å². The molecular weight excluding hydrogens is 219 g/mol. The van der Waals surface area contributed by atoms with Gasteiger partial charge in [0, 0.05) is 6.20 Å². The molecule has 1 aromatic carbocycles. The molecule has 0 aliphatic carbocycles. The number of hydrogen-bond donors (Lipinski definition) is 0. The summed E-state index contributed by atoms with van der Waals surface area (Å²) < 4.78 is 14.9. The zero-order valence-corrected chi connectivity index (χ0v) is 8.93. The van der Waals surface area contributed by atoms with Crippen molar-refractivity contribution < 1.29 is 9.18 Å². The van der Waals surface area contributed by atoms with Crippen molar-refractivity contribution in [3.8, 4) is 6.07 Å². The fourth-order valence-corrected chi connectivity index (χ4v) is 1.58. The number of Topliss-reactive ketones (excluding diaryl/α,β-unsaturated/α-hetero) is 1. The topological polar surface area (TPSA) is 45.8 Å². The maximum absolute atomic E-state index is 13.4. The van der Waals surface area contributed by atoms with Crippen LogP contribution in [-0.2, 0) is 6.54 Å². The molecule has 0 saturated heterocycles. The van der Waals surface area contributed by atoms with Crippen molar-refractivity contribution in [3.63, 3.8) is 0 Å². The first-order valence-electron chi connectivity index (χ1n) is 5.05. The lowest BCUT2D eigenvalue weighted by Crippen LogP contribution is -2.12. The average Bonchev–Trinajstić information content (AvgIpc) is 2.76. The molecular formula is C13H9FN2O. The van der Waals surface area contributed by atoms with Gasteiger partial charge in [0.15, 0.2) is 5.78 Å². The number of nitrogens with zero attached hydrogens (tertiary/aromatic N) is 2. The monoisotopic (exact) mass is 228 g/mol. The van der Waals surface area contributed by atoms with E-state index >= 15 is 0 Å². The number of carbonyl (C=O) groups excluding carboxylic acids is 1. The van der Waals surface area contributed by atoms with E-state index in [4.69, 9.17) is 5.26 Å². The number of benzene rings is 1. The molecule has 0 amide bonds. The van der Waals surface area contributed by atoms with Gasteiger partial charge in [0.05, 0.1) is 12.1 Å². The Morgan fingerprint density at radius 3 is 2.76 bits per heavy atom. The second-order valence-corrected chi connectivity index (χ2v) is 3.54. The SMILES string of the molecule is N#Cc1cccn1CC(=O)c1ccccc1F. The second kappa shape index (κ2) is 4.62. The Bertz CT molecular complexity index is 595. The Labute approximate surface area is 97.7 Å². The van der Waals surface area contributed by atoms with Crippen molar-refractivity contribution in [2.24, 2.45) is 0 Å². The predicted octanol–water partition coefficient (Wildman–Crippen LogP) is 2.38. The lowest BCUT2D eigenvalue weighted by atomic mass is 10.1. The van der Waals surface area contributed by atoms with Crippen molar-refractivity contribution in [2.75, 3.05) is 0 Å². The summed E-state index contributed by atoms with van der Waals surface area (Å²) in [6.45, 7) is -0.0309. The van der Waals surface area contributed by atoms with Crippen LogP contribution >= 0.6 is 0 Å². The number of ketones is 1. The van der Waals surface area contributed by atoms with Gasteiger partial charge in [-0.05, 0) is 24.3 Å². The summed E-state index contributed by atoms with van der Waals surface area (Å²) >= 11 is 0. The minimum atomic E-state index is -0.539. The van der Waals surface area contributed by atoms with Crippen LogP contribution in [-0.4, -0.2) is 10.4 Å². The van der Waals surface area contributed by atoms with Gasteiger partial charge in [-0.1, -0.05) is 12.1 Å². The average molecular weight is 228 g/mol. The van der Waals surface area contributed by atoms with Crippen LogP contribution in [0.25, 0.3) is 0 Å². The Kier molecular flexibility index (Phi) is 3.01. The third kappa shape index (κ3) is 2.23. The molecule has 4 heteroatoms. The van der Waals surface area contributed by atoms with Gasteiger partial charge < -0.3 is 4.57 Å². The molecule has 0 fully saturated rings. The number of carbonyl (C=O) groups is 1. The first-order valence-corrected chi connectivity index (χ1v) is 5.05. The van der Waals surface area contributed by atoms with Crippen molar-refractivity contribution in [1.82, 2.24) is 4.57 Å². The quantitative estimate of drug-likeness (QED) is 0.757. The van der Waals surface area contributed by atoms with Crippen LogP contribution in [0.4, 0.5) is 4.39 Å². The summed E-state index contributed by atoms with van der Waals surface area (Å²) in [7, 11) is 0. The van der Waals surface area contributed by atoms with E-state index in [0.717, 1.165) is 0 Å². The summed E-state index contributed by atoms with van der Waals surface area (Å²) in [6.07, 6.45) is 1.62. The Morgan fingerprint density at radius 1 is 1.29 bits per heavy atom.